The molecule has 0 amide bonds. The Morgan fingerprint density at radius 3 is 2.47 bits per heavy atom. The monoisotopic (exact) mass is 273 g/mol. The average molecular weight is 274 g/mol. The molecular weight excluding hydrogens is 253 g/mol. The number of hydrogen-bond acceptors (Lipinski definition) is 1. The van der Waals surface area contributed by atoms with Gasteiger partial charge in [0.05, 0.1) is 10.0 Å². The van der Waals surface area contributed by atoms with Gasteiger partial charge in [-0.15, -0.1) is 0 Å². The summed E-state index contributed by atoms with van der Waals surface area (Å²) in [7, 11) is 0. The van der Waals surface area contributed by atoms with Gasteiger partial charge in [-0.1, -0.05) is 63.0 Å². The van der Waals surface area contributed by atoms with Crippen molar-refractivity contribution in [2.24, 2.45) is 5.41 Å². The Balaban J connectivity index is 2.72. The summed E-state index contributed by atoms with van der Waals surface area (Å²) in [6.07, 6.45) is 0.923. The number of halogens is 2. The fraction of sp³-hybridized carbons (Fsp3) is 0.571. The molecule has 0 aliphatic heterocycles. The van der Waals surface area contributed by atoms with Crippen molar-refractivity contribution in [1.29, 1.82) is 0 Å². The molecule has 1 nitrogen and oxygen atoms in total. The predicted octanol–water partition coefficient (Wildman–Crippen LogP) is 4.56. The summed E-state index contributed by atoms with van der Waals surface area (Å²) in [6, 6.07) is 6.33. The molecule has 1 N–H and O–H groups in total. The van der Waals surface area contributed by atoms with E-state index < -0.39 is 0 Å². The molecule has 0 aromatic heterocycles. The maximum atomic E-state index is 6.21. The summed E-state index contributed by atoms with van der Waals surface area (Å²) in [4.78, 5) is 0. The van der Waals surface area contributed by atoms with Gasteiger partial charge < -0.3 is 5.32 Å². The van der Waals surface area contributed by atoms with Gasteiger partial charge in [0.25, 0.3) is 0 Å². The Kier molecular flexibility index (Phi) is 5.30. The zero-order valence-corrected chi connectivity index (χ0v) is 12.5. The summed E-state index contributed by atoms with van der Waals surface area (Å²) >= 11 is 12.2. The molecule has 0 aliphatic carbocycles. The van der Waals surface area contributed by atoms with E-state index in [1.807, 2.05) is 18.2 Å². The van der Waals surface area contributed by atoms with Gasteiger partial charge >= 0.3 is 0 Å². The summed E-state index contributed by atoms with van der Waals surface area (Å²) in [5, 5.41) is 4.79. The average Bonchev–Trinajstić information content (AvgIpc) is 2.22. The van der Waals surface area contributed by atoms with Gasteiger partial charge in [0.15, 0.2) is 0 Å². The van der Waals surface area contributed by atoms with Gasteiger partial charge in [-0.05, 0) is 23.5 Å². The Morgan fingerprint density at radius 1 is 1.24 bits per heavy atom. The molecule has 1 aromatic carbocycles. The lowest BCUT2D eigenvalue weighted by molar-refractivity contribution is 0.326. The third kappa shape index (κ3) is 4.87. The molecule has 1 aromatic rings. The summed E-state index contributed by atoms with van der Waals surface area (Å²) < 4.78 is 0. The molecule has 1 rings (SSSR count). The maximum absolute atomic E-state index is 6.21. The first kappa shape index (κ1) is 14.8. The molecule has 0 heterocycles. The Hall–Kier alpha value is -0.240. The van der Waals surface area contributed by atoms with Crippen molar-refractivity contribution in [2.75, 3.05) is 6.54 Å². The molecule has 0 saturated heterocycles. The van der Waals surface area contributed by atoms with E-state index in [0.29, 0.717) is 16.1 Å². The first-order chi connectivity index (χ1) is 7.82. The SMILES string of the molecule is CC(C)NCC(C)(C)Cc1cccc(Cl)c1Cl. The van der Waals surface area contributed by atoms with Crippen LogP contribution in [0.15, 0.2) is 18.2 Å². The van der Waals surface area contributed by atoms with Crippen LogP contribution in [0.25, 0.3) is 0 Å². The zero-order valence-electron chi connectivity index (χ0n) is 11.0. The van der Waals surface area contributed by atoms with Crippen LogP contribution in [-0.2, 0) is 6.42 Å². The van der Waals surface area contributed by atoms with Gasteiger partial charge in [0, 0.05) is 12.6 Å². The predicted molar refractivity (Wildman–Crippen MR) is 77.1 cm³/mol. The molecule has 0 spiro atoms. The quantitative estimate of drug-likeness (QED) is 0.830. The van der Waals surface area contributed by atoms with E-state index in [1.54, 1.807) is 0 Å². The third-order valence-electron chi connectivity index (χ3n) is 2.69. The lowest BCUT2D eigenvalue weighted by Gasteiger charge is -2.27. The highest BCUT2D eigenvalue weighted by Gasteiger charge is 2.20. The second-order valence-corrected chi connectivity index (χ2v) is 6.37. The number of benzene rings is 1. The van der Waals surface area contributed by atoms with E-state index >= 15 is 0 Å². The van der Waals surface area contributed by atoms with Crippen LogP contribution in [0.5, 0.6) is 0 Å². The number of nitrogens with one attached hydrogen (secondary N) is 1. The van der Waals surface area contributed by atoms with Gasteiger partial charge in [0.2, 0.25) is 0 Å². The normalized spacial score (nSPS) is 12.2. The molecule has 96 valence electrons. The highest BCUT2D eigenvalue weighted by atomic mass is 35.5. The Morgan fingerprint density at radius 2 is 1.88 bits per heavy atom. The molecule has 0 aliphatic rings. The second-order valence-electron chi connectivity index (χ2n) is 5.59. The Labute approximate surface area is 115 Å². The molecule has 17 heavy (non-hydrogen) atoms. The molecular formula is C14H21Cl2N. The van der Waals surface area contributed by atoms with Crippen molar-refractivity contribution in [3.05, 3.63) is 33.8 Å². The minimum Gasteiger partial charge on any atom is -0.314 e. The van der Waals surface area contributed by atoms with Crippen LogP contribution < -0.4 is 5.32 Å². The van der Waals surface area contributed by atoms with Crippen LogP contribution in [0.4, 0.5) is 0 Å². The van der Waals surface area contributed by atoms with Crippen LogP contribution in [0.3, 0.4) is 0 Å². The first-order valence-corrected chi connectivity index (χ1v) is 6.74. The van der Waals surface area contributed by atoms with E-state index in [-0.39, 0.29) is 5.41 Å². The molecule has 0 fully saturated rings. The molecule has 0 radical (unpaired) electrons. The number of rotatable bonds is 5. The lowest BCUT2D eigenvalue weighted by Crippen LogP contribution is -2.35. The van der Waals surface area contributed by atoms with Crippen molar-refractivity contribution in [3.8, 4) is 0 Å². The van der Waals surface area contributed by atoms with Crippen LogP contribution in [-0.4, -0.2) is 12.6 Å². The van der Waals surface area contributed by atoms with E-state index in [1.165, 1.54) is 0 Å². The van der Waals surface area contributed by atoms with E-state index in [2.05, 4.69) is 33.0 Å². The fourth-order valence-corrected chi connectivity index (χ4v) is 2.13. The molecule has 0 atom stereocenters. The largest absolute Gasteiger partial charge is 0.314 e. The first-order valence-electron chi connectivity index (χ1n) is 5.98. The highest BCUT2D eigenvalue weighted by molar-refractivity contribution is 6.42. The highest BCUT2D eigenvalue weighted by Crippen LogP contribution is 2.30. The summed E-state index contributed by atoms with van der Waals surface area (Å²) in [6.45, 7) is 9.75. The zero-order chi connectivity index (χ0) is 13.1. The van der Waals surface area contributed by atoms with Gasteiger partial charge in [-0.2, -0.15) is 0 Å². The van der Waals surface area contributed by atoms with E-state index in [9.17, 15) is 0 Å². The van der Waals surface area contributed by atoms with Crippen molar-refractivity contribution in [3.63, 3.8) is 0 Å². The third-order valence-corrected chi connectivity index (χ3v) is 3.55. The molecule has 0 saturated carbocycles. The molecule has 3 heteroatoms. The standard InChI is InChI=1S/C14H21Cl2N/c1-10(2)17-9-14(3,4)8-11-6-5-7-12(15)13(11)16/h5-7,10,17H,8-9H2,1-4H3. The molecule has 0 unspecified atom stereocenters. The minimum absolute atomic E-state index is 0.165. The fourth-order valence-electron chi connectivity index (χ4n) is 1.74. The van der Waals surface area contributed by atoms with Gasteiger partial charge in [0.1, 0.15) is 0 Å². The van der Waals surface area contributed by atoms with Crippen LogP contribution in [0, 0.1) is 5.41 Å². The topological polar surface area (TPSA) is 12.0 Å². The van der Waals surface area contributed by atoms with Crippen LogP contribution in [0.2, 0.25) is 10.0 Å². The lowest BCUT2D eigenvalue weighted by atomic mass is 9.85. The summed E-state index contributed by atoms with van der Waals surface area (Å²) in [5.74, 6) is 0. The van der Waals surface area contributed by atoms with E-state index in [0.717, 1.165) is 18.5 Å². The van der Waals surface area contributed by atoms with Gasteiger partial charge in [-0.3, -0.25) is 0 Å². The van der Waals surface area contributed by atoms with Crippen LogP contribution >= 0.6 is 23.2 Å². The van der Waals surface area contributed by atoms with Crippen molar-refractivity contribution in [2.45, 2.75) is 40.2 Å². The van der Waals surface area contributed by atoms with Crippen LogP contribution in [0.1, 0.15) is 33.3 Å². The summed E-state index contributed by atoms with van der Waals surface area (Å²) in [5.41, 5.74) is 1.29. The van der Waals surface area contributed by atoms with Gasteiger partial charge in [-0.25, -0.2) is 0 Å². The van der Waals surface area contributed by atoms with Crippen molar-refractivity contribution in [1.82, 2.24) is 5.32 Å². The van der Waals surface area contributed by atoms with Crippen molar-refractivity contribution < 1.29 is 0 Å². The molecule has 0 bridgehead atoms. The maximum Gasteiger partial charge on any atom is 0.0624 e. The van der Waals surface area contributed by atoms with Crippen molar-refractivity contribution >= 4 is 23.2 Å². The van der Waals surface area contributed by atoms with E-state index in [4.69, 9.17) is 23.2 Å². The number of hydrogen-bond donors (Lipinski definition) is 1. The second kappa shape index (κ2) is 6.08. The smallest absolute Gasteiger partial charge is 0.0624 e. The minimum atomic E-state index is 0.165. The Bertz CT molecular complexity index is 372.